The summed E-state index contributed by atoms with van der Waals surface area (Å²) in [7, 11) is 0. The number of primary amides is 1. The Balaban J connectivity index is 1.93. The second kappa shape index (κ2) is 5.17. The molecule has 2 aliphatic rings. The number of amides is 1. The Morgan fingerprint density at radius 3 is 2.95 bits per heavy atom. The summed E-state index contributed by atoms with van der Waals surface area (Å²) in [5.74, 6) is -0.708. The number of rotatable bonds is 6. The van der Waals surface area contributed by atoms with Crippen LogP contribution in [0.4, 0.5) is 0 Å². The highest BCUT2D eigenvalue weighted by atomic mass is 16.5. The molecule has 5 heteroatoms. The van der Waals surface area contributed by atoms with E-state index < -0.39 is 0 Å². The molecule has 2 atom stereocenters. The molecule has 0 aromatic heterocycles. The van der Waals surface area contributed by atoms with E-state index in [1.54, 1.807) is 6.92 Å². The van der Waals surface area contributed by atoms with Crippen molar-refractivity contribution in [3.05, 3.63) is 23.8 Å². The van der Waals surface area contributed by atoms with Crippen LogP contribution in [0.25, 0.3) is 0 Å². The highest BCUT2D eigenvalue weighted by molar-refractivity contribution is 5.86. The molecule has 2 unspecified atom stereocenters. The summed E-state index contributed by atoms with van der Waals surface area (Å²) in [5.41, 5.74) is 6.55. The van der Waals surface area contributed by atoms with Gasteiger partial charge in [0.15, 0.2) is 0 Å². The summed E-state index contributed by atoms with van der Waals surface area (Å²) in [5, 5.41) is 0. The van der Waals surface area contributed by atoms with Crippen molar-refractivity contribution in [2.24, 2.45) is 11.1 Å². The fourth-order valence-corrected chi connectivity index (χ4v) is 2.80. The number of carbonyl (C=O) groups is 2. The molecule has 104 valence electrons. The molecule has 1 amide bonds. The molecular weight excluding hydrogens is 246 g/mol. The molecule has 0 radical (unpaired) electrons. The number of hydrogen-bond donors (Lipinski definition) is 1. The van der Waals surface area contributed by atoms with E-state index in [-0.39, 0.29) is 23.4 Å². The monoisotopic (exact) mass is 265 g/mol. The van der Waals surface area contributed by atoms with Crippen LogP contribution in [0.5, 0.6) is 0 Å². The fourth-order valence-electron chi connectivity index (χ4n) is 2.80. The molecule has 2 rings (SSSR count). The Kier molecular flexibility index (Phi) is 3.75. The van der Waals surface area contributed by atoms with Gasteiger partial charge < -0.3 is 15.2 Å². The number of ether oxygens (including phenoxy) is 2. The van der Waals surface area contributed by atoms with E-state index in [0.717, 1.165) is 12.0 Å². The molecule has 0 aromatic carbocycles. The van der Waals surface area contributed by atoms with Crippen LogP contribution in [0.2, 0.25) is 0 Å². The second-order valence-electron chi connectivity index (χ2n) is 5.34. The van der Waals surface area contributed by atoms with Crippen LogP contribution in [0, 0.1) is 5.41 Å². The van der Waals surface area contributed by atoms with E-state index in [0.29, 0.717) is 31.6 Å². The van der Waals surface area contributed by atoms with Crippen LogP contribution in [0.1, 0.15) is 26.2 Å². The van der Waals surface area contributed by atoms with Crippen LogP contribution in [-0.2, 0) is 19.1 Å². The van der Waals surface area contributed by atoms with Crippen molar-refractivity contribution in [2.45, 2.75) is 32.3 Å². The first-order valence-electron chi connectivity index (χ1n) is 6.37. The maximum atomic E-state index is 11.3. The number of fused-ring (bicyclic) bond motifs is 2. The van der Waals surface area contributed by atoms with Crippen molar-refractivity contribution < 1.29 is 19.1 Å². The third kappa shape index (κ3) is 2.87. The van der Waals surface area contributed by atoms with Crippen molar-refractivity contribution in [1.29, 1.82) is 0 Å². The predicted octanol–water partition coefficient (Wildman–Crippen LogP) is 1.09. The average Bonchev–Trinajstić information content (AvgIpc) is 2.84. The molecular formula is C14H19NO4. The van der Waals surface area contributed by atoms with Crippen LogP contribution < -0.4 is 5.73 Å². The zero-order valence-corrected chi connectivity index (χ0v) is 11.1. The van der Waals surface area contributed by atoms with E-state index in [1.165, 1.54) is 0 Å². The van der Waals surface area contributed by atoms with Gasteiger partial charge in [-0.3, -0.25) is 4.79 Å². The molecule has 1 aliphatic carbocycles. The van der Waals surface area contributed by atoms with Crippen molar-refractivity contribution in [3.8, 4) is 0 Å². The molecule has 0 spiro atoms. The lowest BCUT2D eigenvalue weighted by atomic mass is 9.78. The first-order valence-corrected chi connectivity index (χ1v) is 6.37. The molecule has 1 heterocycles. The van der Waals surface area contributed by atoms with Crippen molar-refractivity contribution >= 4 is 11.9 Å². The Morgan fingerprint density at radius 2 is 2.37 bits per heavy atom. The maximum Gasteiger partial charge on any atom is 0.333 e. The van der Waals surface area contributed by atoms with Gasteiger partial charge in [0.05, 0.1) is 19.3 Å². The standard InChI is InChI=1S/C14H19NO4/c1-9(2)13(17)18-4-3-10-5-11-6-14(10,8-19-11)7-12(15)16/h5,11H,1,3-4,6-8H2,2H3,(H2,15,16). The topological polar surface area (TPSA) is 78.6 Å². The molecule has 0 aromatic rings. The van der Waals surface area contributed by atoms with E-state index in [2.05, 4.69) is 6.58 Å². The predicted molar refractivity (Wildman–Crippen MR) is 69.1 cm³/mol. The second-order valence-corrected chi connectivity index (χ2v) is 5.34. The first kappa shape index (κ1) is 13.8. The number of esters is 1. The SMILES string of the molecule is C=C(C)C(=O)OCCC1=CC2CC1(CC(N)=O)CO2. The zero-order valence-electron chi connectivity index (χ0n) is 11.1. The van der Waals surface area contributed by atoms with Crippen LogP contribution >= 0.6 is 0 Å². The first-order chi connectivity index (χ1) is 8.93. The van der Waals surface area contributed by atoms with Gasteiger partial charge in [-0.05, 0) is 13.3 Å². The minimum absolute atomic E-state index is 0.0752. The Bertz CT molecular complexity index is 454. The van der Waals surface area contributed by atoms with Gasteiger partial charge in [-0.1, -0.05) is 18.2 Å². The summed E-state index contributed by atoms with van der Waals surface area (Å²) in [6.07, 6.45) is 3.82. The largest absolute Gasteiger partial charge is 0.462 e. The number of carbonyl (C=O) groups excluding carboxylic acids is 2. The van der Waals surface area contributed by atoms with Crippen LogP contribution in [-0.4, -0.2) is 31.2 Å². The molecule has 19 heavy (non-hydrogen) atoms. The van der Waals surface area contributed by atoms with Gasteiger partial charge in [-0.15, -0.1) is 0 Å². The fraction of sp³-hybridized carbons (Fsp3) is 0.571. The summed E-state index contributed by atoms with van der Waals surface area (Å²) in [4.78, 5) is 22.5. The van der Waals surface area contributed by atoms with Gasteiger partial charge in [0, 0.05) is 23.8 Å². The van der Waals surface area contributed by atoms with Gasteiger partial charge in [0.25, 0.3) is 0 Å². The van der Waals surface area contributed by atoms with Crippen LogP contribution in [0.3, 0.4) is 0 Å². The average molecular weight is 265 g/mol. The summed E-state index contributed by atoms with van der Waals surface area (Å²) >= 11 is 0. The highest BCUT2D eigenvalue weighted by Gasteiger charge is 2.48. The minimum Gasteiger partial charge on any atom is -0.462 e. The van der Waals surface area contributed by atoms with E-state index in [4.69, 9.17) is 15.2 Å². The normalized spacial score (nSPS) is 28.1. The molecule has 1 aliphatic heterocycles. The van der Waals surface area contributed by atoms with Gasteiger partial charge in [0.2, 0.25) is 5.91 Å². The summed E-state index contributed by atoms with van der Waals surface area (Å²) in [6.45, 7) is 5.96. The molecule has 0 saturated carbocycles. The third-order valence-corrected chi connectivity index (χ3v) is 3.70. The Morgan fingerprint density at radius 1 is 1.63 bits per heavy atom. The molecule has 2 bridgehead atoms. The molecule has 5 nitrogen and oxygen atoms in total. The molecule has 1 fully saturated rings. The van der Waals surface area contributed by atoms with E-state index >= 15 is 0 Å². The smallest absolute Gasteiger partial charge is 0.333 e. The Hall–Kier alpha value is -1.62. The highest BCUT2D eigenvalue weighted by Crippen LogP contribution is 2.49. The van der Waals surface area contributed by atoms with E-state index in [9.17, 15) is 9.59 Å². The van der Waals surface area contributed by atoms with Crippen molar-refractivity contribution in [3.63, 3.8) is 0 Å². The zero-order chi connectivity index (χ0) is 14.0. The van der Waals surface area contributed by atoms with Gasteiger partial charge >= 0.3 is 5.97 Å². The van der Waals surface area contributed by atoms with Crippen LogP contribution in [0.15, 0.2) is 23.8 Å². The lowest BCUT2D eigenvalue weighted by Crippen LogP contribution is -2.30. The quantitative estimate of drug-likeness (QED) is 0.443. The van der Waals surface area contributed by atoms with Crippen molar-refractivity contribution in [1.82, 2.24) is 0 Å². The van der Waals surface area contributed by atoms with Gasteiger partial charge in [0.1, 0.15) is 0 Å². The Labute approximate surface area is 112 Å². The third-order valence-electron chi connectivity index (χ3n) is 3.70. The van der Waals surface area contributed by atoms with E-state index in [1.807, 2.05) is 6.08 Å². The molecule has 2 N–H and O–H groups in total. The maximum absolute atomic E-state index is 11.3. The number of nitrogens with two attached hydrogens (primary N) is 1. The lowest BCUT2D eigenvalue weighted by Gasteiger charge is -2.28. The summed E-state index contributed by atoms with van der Waals surface area (Å²) < 4.78 is 10.6. The number of hydrogen-bond acceptors (Lipinski definition) is 4. The minimum atomic E-state index is -0.385. The molecule has 1 saturated heterocycles. The lowest BCUT2D eigenvalue weighted by molar-refractivity contribution is -0.139. The van der Waals surface area contributed by atoms with Crippen molar-refractivity contribution in [2.75, 3.05) is 13.2 Å². The summed E-state index contributed by atoms with van der Waals surface area (Å²) in [6, 6.07) is 0. The van der Waals surface area contributed by atoms with Gasteiger partial charge in [-0.25, -0.2) is 4.79 Å². The van der Waals surface area contributed by atoms with Gasteiger partial charge in [-0.2, -0.15) is 0 Å².